The Balaban J connectivity index is 1.87. The summed E-state index contributed by atoms with van der Waals surface area (Å²) in [5.41, 5.74) is 1.41. The summed E-state index contributed by atoms with van der Waals surface area (Å²) in [4.78, 5) is 38.2. The van der Waals surface area contributed by atoms with Gasteiger partial charge in [-0.1, -0.05) is 0 Å². The van der Waals surface area contributed by atoms with Crippen molar-refractivity contribution in [1.29, 1.82) is 0 Å². The smallest absolute Gasteiger partial charge is 0.396 e. The van der Waals surface area contributed by atoms with Gasteiger partial charge in [-0.05, 0) is 43.7 Å². The molecule has 1 fully saturated rings. The number of carbonyl (C=O) groups excluding carboxylic acids is 3. The molecule has 0 atom stereocenters. The van der Waals surface area contributed by atoms with Gasteiger partial charge in [-0.2, -0.15) is 0 Å². The van der Waals surface area contributed by atoms with E-state index in [0.717, 1.165) is 38.5 Å². The van der Waals surface area contributed by atoms with E-state index in [4.69, 9.17) is 4.74 Å². The summed E-state index contributed by atoms with van der Waals surface area (Å²) in [6.45, 7) is 0. The van der Waals surface area contributed by atoms with Gasteiger partial charge < -0.3 is 14.8 Å². The molecule has 0 aromatic carbocycles. The lowest BCUT2D eigenvalue weighted by molar-refractivity contribution is -0.150. The second-order valence-corrected chi connectivity index (χ2v) is 5.92. The zero-order valence-electron chi connectivity index (χ0n) is 13.9. The molecule has 0 aliphatic heterocycles. The van der Waals surface area contributed by atoms with Crippen molar-refractivity contribution in [3.05, 3.63) is 24.0 Å². The van der Waals surface area contributed by atoms with Crippen molar-refractivity contribution < 1.29 is 23.9 Å². The van der Waals surface area contributed by atoms with Gasteiger partial charge in [0.1, 0.15) is 0 Å². The molecular formula is C17H22N2O5. The van der Waals surface area contributed by atoms with Crippen LogP contribution in [-0.4, -0.2) is 37.0 Å². The number of esters is 2. The average Bonchev–Trinajstić information content (AvgIpc) is 2.62. The number of methoxy groups -OCH3 is 2. The maximum absolute atomic E-state index is 11.4. The molecule has 0 bridgehead atoms. The molecule has 1 aliphatic rings. The molecule has 24 heavy (non-hydrogen) atoms. The summed E-state index contributed by atoms with van der Waals surface area (Å²) in [6.07, 6.45) is 5.92. The second-order valence-electron chi connectivity index (χ2n) is 5.92. The quantitative estimate of drug-likeness (QED) is 0.669. The molecule has 1 heterocycles. The van der Waals surface area contributed by atoms with Gasteiger partial charge in [-0.25, -0.2) is 4.79 Å². The third kappa shape index (κ3) is 4.78. The maximum atomic E-state index is 11.4. The average molecular weight is 334 g/mol. The summed E-state index contributed by atoms with van der Waals surface area (Å²) in [5, 5.41) is 2.43. The van der Waals surface area contributed by atoms with E-state index in [1.165, 1.54) is 13.3 Å². The van der Waals surface area contributed by atoms with Crippen LogP contribution in [-0.2, 0) is 23.9 Å². The topological polar surface area (TPSA) is 94.6 Å². The van der Waals surface area contributed by atoms with E-state index in [0.29, 0.717) is 23.9 Å². The first-order valence-corrected chi connectivity index (χ1v) is 7.95. The van der Waals surface area contributed by atoms with E-state index in [1.807, 2.05) is 6.07 Å². The molecule has 1 saturated carbocycles. The third-order valence-corrected chi connectivity index (χ3v) is 4.36. The largest absolute Gasteiger partial charge is 0.469 e. The van der Waals surface area contributed by atoms with Crippen molar-refractivity contribution in [3.8, 4) is 0 Å². The number of pyridine rings is 1. The van der Waals surface area contributed by atoms with Gasteiger partial charge in [0, 0.05) is 18.0 Å². The van der Waals surface area contributed by atoms with Gasteiger partial charge >= 0.3 is 17.8 Å². The molecular weight excluding hydrogens is 312 g/mol. The predicted octanol–water partition coefficient (Wildman–Crippen LogP) is 2.03. The highest BCUT2D eigenvalue weighted by molar-refractivity contribution is 6.37. The van der Waals surface area contributed by atoms with Crippen LogP contribution in [0.25, 0.3) is 0 Å². The molecule has 1 N–H and O–H groups in total. The van der Waals surface area contributed by atoms with Gasteiger partial charge in [-0.3, -0.25) is 14.6 Å². The summed E-state index contributed by atoms with van der Waals surface area (Å²) in [7, 11) is 2.57. The molecule has 1 aromatic heterocycles. The normalized spacial score (nSPS) is 20.1. The van der Waals surface area contributed by atoms with E-state index in [9.17, 15) is 14.4 Å². The maximum Gasteiger partial charge on any atom is 0.396 e. The minimum atomic E-state index is -0.942. The van der Waals surface area contributed by atoms with E-state index in [-0.39, 0.29) is 5.97 Å². The van der Waals surface area contributed by atoms with E-state index in [2.05, 4.69) is 15.0 Å². The number of hydrogen-bond donors (Lipinski definition) is 1. The van der Waals surface area contributed by atoms with Crippen molar-refractivity contribution in [2.45, 2.75) is 38.0 Å². The van der Waals surface area contributed by atoms with Gasteiger partial charge in [0.2, 0.25) is 0 Å². The zero-order chi connectivity index (χ0) is 17.5. The van der Waals surface area contributed by atoms with E-state index >= 15 is 0 Å². The minimum absolute atomic E-state index is 0.151. The fraction of sp³-hybridized carbons (Fsp3) is 0.529. The number of nitrogens with one attached hydrogen (secondary N) is 1. The molecule has 130 valence electrons. The Morgan fingerprint density at radius 3 is 2.38 bits per heavy atom. The highest BCUT2D eigenvalue weighted by Gasteiger charge is 2.25. The van der Waals surface area contributed by atoms with Crippen molar-refractivity contribution >= 4 is 23.5 Å². The van der Waals surface area contributed by atoms with Crippen molar-refractivity contribution in [2.75, 3.05) is 19.5 Å². The first-order valence-electron chi connectivity index (χ1n) is 7.95. The number of ether oxygens (including phenoxy) is 2. The highest BCUT2D eigenvalue weighted by Crippen LogP contribution is 2.36. The Labute approximate surface area is 140 Å². The van der Waals surface area contributed by atoms with Gasteiger partial charge in [0.05, 0.1) is 26.1 Å². The van der Waals surface area contributed by atoms with Gasteiger partial charge in [0.15, 0.2) is 0 Å². The Morgan fingerprint density at radius 1 is 1.12 bits per heavy atom. The Bertz CT molecular complexity index is 592. The third-order valence-electron chi connectivity index (χ3n) is 4.36. The monoisotopic (exact) mass is 334 g/mol. The van der Waals surface area contributed by atoms with Crippen LogP contribution in [0.2, 0.25) is 0 Å². The molecule has 2 rings (SSSR count). The fourth-order valence-corrected chi connectivity index (χ4v) is 2.98. The lowest BCUT2D eigenvalue weighted by atomic mass is 9.79. The lowest BCUT2D eigenvalue weighted by Gasteiger charge is -2.27. The molecule has 0 radical (unpaired) electrons. The Hall–Kier alpha value is -2.44. The van der Waals surface area contributed by atoms with Crippen molar-refractivity contribution in [2.24, 2.45) is 5.92 Å². The van der Waals surface area contributed by atoms with E-state index in [1.54, 1.807) is 6.07 Å². The molecule has 7 heteroatoms. The number of hydrogen-bond acceptors (Lipinski definition) is 6. The molecule has 0 unspecified atom stereocenters. The highest BCUT2D eigenvalue weighted by atomic mass is 16.5. The number of amides is 1. The summed E-state index contributed by atoms with van der Waals surface area (Å²) in [5.74, 6) is -1.18. The van der Waals surface area contributed by atoms with Crippen LogP contribution in [0.15, 0.2) is 18.3 Å². The molecule has 7 nitrogen and oxygen atoms in total. The van der Waals surface area contributed by atoms with Crippen LogP contribution in [0.5, 0.6) is 0 Å². The molecule has 1 aromatic rings. The van der Waals surface area contributed by atoms with Crippen LogP contribution in [0.4, 0.5) is 5.69 Å². The first kappa shape index (κ1) is 17.9. The number of aromatic nitrogens is 1. The summed E-state index contributed by atoms with van der Waals surface area (Å²) >= 11 is 0. The molecule has 1 amide bonds. The van der Waals surface area contributed by atoms with E-state index < -0.39 is 11.9 Å². The van der Waals surface area contributed by atoms with Crippen LogP contribution >= 0.6 is 0 Å². The minimum Gasteiger partial charge on any atom is -0.469 e. The Morgan fingerprint density at radius 2 is 1.83 bits per heavy atom. The predicted molar refractivity (Wildman–Crippen MR) is 86.2 cm³/mol. The second kappa shape index (κ2) is 8.42. The molecule has 1 aliphatic carbocycles. The fourth-order valence-electron chi connectivity index (χ4n) is 2.98. The first-order chi connectivity index (χ1) is 11.5. The molecule has 0 saturated heterocycles. The van der Waals surface area contributed by atoms with Crippen LogP contribution in [0.1, 0.15) is 43.7 Å². The standard InChI is InChI=1S/C17H22N2O5/c1-23-15(20)9-11-3-5-12(6-4-11)14-8-7-13(10-18-14)19-16(21)17(22)24-2/h7-8,10-12H,3-6,9H2,1-2H3,(H,19,21)/t11-,12-. The zero-order valence-corrected chi connectivity index (χ0v) is 13.9. The number of nitrogens with zero attached hydrogens (tertiary/aromatic N) is 1. The van der Waals surface area contributed by atoms with Crippen LogP contribution in [0.3, 0.4) is 0 Å². The summed E-state index contributed by atoms with van der Waals surface area (Å²) < 4.78 is 9.06. The number of anilines is 1. The SMILES string of the molecule is COC(=O)C[C@H]1CC[C@H](c2ccc(NC(=O)C(=O)OC)cn2)CC1. The van der Waals surface area contributed by atoms with Gasteiger partial charge in [0.25, 0.3) is 0 Å². The van der Waals surface area contributed by atoms with Crippen LogP contribution in [0, 0.1) is 5.92 Å². The summed E-state index contributed by atoms with van der Waals surface area (Å²) in [6, 6.07) is 3.59. The molecule has 0 spiro atoms. The Kier molecular flexibility index (Phi) is 6.28. The number of rotatable bonds is 4. The van der Waals surface area contributed by atoms with Crippen molar-refractivity contribution in [3.63, 3.8) is 0 Å². The van der Waals surface area contributed by atoms with Crippen LogP contribution < -0.4 is 5.32 Å². The van der Waals surface area contributed by atoms with Crippen molar-refractivity contribution in [1.82, 2.24) is 4.98 Å². The lowest BCUT2D eigenvalue weighted by Crippen LogP contribution is -2.24. The number of carbonyl (C=O) groups is 3. The van der Waals surface area contributed by atoms with Gasteiger partial charge in [-0.15, -0.1) is 0 Å².